The summed E-state index contributed by atoms with van der Waals surface area (Å²) in [7, 11) is 0. The quantitative estimate of drug-likeness (QED) is 0.351. The number of hydrogen-bond donors (Lipinski definition) is 1. The average molecular weight is 300 g/mol. The van der Waals surface area contributed by atoms with Gasteiger partial charge < -0.3 is 5.73 Å². The van der Waals surface area contributed by atoms with Crippen molar-refractivity contribution >= 4 is 5.91 Å². The van der Waals surface area contributed by atoms with Crippen molar-refractivity contribution in [1.29, 1.82) is 0 Å². The third-order valence-electron chi connectivity index (χ3n) is 3.78. The van der Waals surface area contributed by atoms with Crippen molar-refractivity contribution in [2.45, 2.75) is 117 Å². The molecule has 21 heavy (non-hydrogen) atoms. The lowest BCUT2D eigenvalue weighted by molar-refractivity contribution is -0.118. The standard InChI is InChI=1S/C17H35NO.C2H6/c1-2-3-4-5-6-7-8-9-10-11-12-13-14-15-16-17(18)19;1-2/h2-16H2,1H3,(H2,18,19);1-2H3. The maximum Gasteiger partial charge on any atom is 0.217 e. The first-order chi connectivity index (χ1) is 10.3. The van der Waals surface area contributed by atoms with Crippen LogP contribution in [0, 0.1) is 0 Å². The van der Waals surface area contributed by atoms with Gasteiger partial charge in [0.25, 0.3) is 0 Å². The van der Waals surface area contributed by atoms with Crippen molar-refractivity contribution in [2.75, 3.05) is 0 Å². The van der Waals surface area contributed by atoms with Crippen LogP contribution in [0.5, 0.6) is 0 Å². The topological polar surface area (TPSA) is 43.1 Å². The van der Waals surface area contributed by atoms with E-state index in [1.807, 2.05) is 13.8 Å². The number of carbonyl (C=O) groups is 1. The molecule has 0 saturated carbocycles. The number of amides is 1. The van der Waals surface area contributed by atoms with Crippen LogP contribution in [0.3, 0.4) is 0 Å². The molecule has 0 heterocycles. The highest BCUT2D eigenvalue weighted by atomic mass is 16.1. The lowest BCUT2D eigenvalue weighted by Crippen LogP contribution is -2.09. The van der Waals surface area contributed by atoms with Gasteiger partial charge in [-0.1, -0.05) is 104 Å². The Hall–Kier alpha value is -0.530. The summed E-state index contributed by atoms with van der Waals surface area (Å²) < 4.78 is 0. The molecular weight excluding hydrogens is 258 g/mol. The average Bonchev–Trinajstić information content (AvgIpc) is 2.49. The third kappa shape index (κ3) is 24.8. The fourth-order valence-corrected chi connectivity index (χ4v) is 2.49. The molecule has 1 amide bonds. The second kappa shape index (κ2) is 21.8. The van der Waals surface area contributed by atoms with Crippen molar-refractivity contribution in [3.63, 3.8) is 0 Å². The van der Waals surface area contributed by atoms with Crippen LogP contribution in [0.4, 0.5) is 0 Å². The van der Waals surface area contributed by atoms with Crippen LogP contribution in [0.25, 0.3) is 0 Å². The molecule has 0 spiro atoms. The number of hydrogen-bond acceptors (Lipinski definition) is 1. The molecule has 0 aromatic heterocycles. The van der Waals surface area contributed by atoms with Crippen molar-refractivity contribution in [1.82, 2.24) is 0 Å². The second-order valence-electron chi connectivity index (χ2n) is 5.81. The Balaban J connectivity index is 0. The lowest BCUT2D eigenvalue weighted by Gasteiger charge is -2.02. The summed E-state index contributed by atoms with van der Waals surface area (Å²) in [5.74, 6) is -0.154. The van der Waals surface area contributed by atoms with Crippen molar-refractivity contribution in [2.24, 2.45) is 5.73 Å². The van der Waals surface area contributed by atoms with Crippen LogP contribution in [0.15, 0.2) is 0 Å². The monoisotopic (exact) mass is 299 g/mol. The van der Waals surface area contributed by atoms with Crippen LogP contribution >= 0.6 is 0 Å². The van der Waals surface area contributed by atoms with Gasteiger partial charge in [0.1, 0.15) is 0 Å². The van der Waals surface area contributed by atoms with Crippen molar-refractivity contribution in [3.8, 4) is 0 Å². The van der Waals surface area contributed by atoms with Gasteiger partial charge >= 0.3 is 0 Å². The van der Waals surface area contributed by atoms with E-state index in [4.69, 9.17) is 5.73 Å². The van der Waals surface area contributed by atoms with Gasteiger partial charge in [-0.2, -0.15) is 0 Å². The second-order valence-corrected chi connectivity index (χ2v) is 5.81. The van der Waals surface area contributed by atoms with E-state index in [1.54, 1.807) is 0 Å². The molecule has 0 saturated heterocycles. The zero-order valence-corrected chi connectivity index (χ0v) is 15.1. The summed E-state index contributed by atoms with van der Waals surface area (Å²) in [6.07, 6.45) is 19.4. The molecule has 0 aromatic rings. The Bertz CT molecular complexity index is 192. The summed E-state index contributed by atoms with van der Waals surface area (Å²) in [5, 5.41) is 0. The Morgan fingerprint density at radius 3 is 1.19 bits per heavy atom. The van der Waals surface area contributed by atoms with E-state index in [9.17, 15) is 4.79 Å². The Morgan fingerprint density at radius 1 is 0.619 bits per heavy atom. The fourth-order valence-electron chi connectivity index (χ4n) is 2.49. The molecule has 0 unspecified atom stereocenters. The Kier molecular flexibility index (Phi) is 23.6. The number of primary amides is 1. The first-order valence-electron chi connectivity index (χ1n) is 9.55. The number of rotatable bonds is 15. The van der Waals surface area contributed by atoms with Crippen molar-refractivity contribution < 1.29 is 4.79 Å². The van der Waals surface area contributed by atoms with E-state index in [1.165, 1.54) is 83.5 Å². The van der Waals surface area contributed by atoms with Gasteiger partial charge in [-0.05, 0) is 6.42 Å². The highest BCUT2D eigenvalue weighted by molar-refractivity contribution is 5.73. The van der Waals surface area contributed by atoms with E-state index >= 15 is 0 Å². The normalized spacial score (nSPS) is 10.0. The SMILES string of the molecule is CC.CCCCCCCCCCCCCCCCC(N)=O. The van der Waals surface area contributed by atoms with Crippen LogP contribution in [-0.2, 0) is 4.79 Å². The molecule has 2 heteroatoms. The van der Waals surface area contributed by atoms with E-state index in [2.05, 4.69) is 6.92 Å². The molecule has 0 rings (SSSR count). The smallest absolute Gasteiger partial charge is 0.217 e. The fraction of sp³-hybridized carbons (Fsp3) is 0.947. The predicted molar refractivity (Wildman–Crippen MR) is 95.5 cm³/mol. The highest BCUT2D eigenvalue weighted by Gasteiger charge is 1.95. The van der Waals surface area contributed by atoms with Gasteiger partial charge in [0.2, 0.25) is 5.91 Å². The summed E-state index contributed by atoms with van der Waals surface area (Å²) in [6, 6.07) is 0. The molecule has 2 N–H and O–H groups in total. The molecule has 2 nitrogen and oxygen atoms in total. The first-order valence-corrected chi connectivity index (χ1v) is 9.55. The Labute approximate surface area is 134 Å². The van der Waals surface area contributed by atoms with Crippen LogP contribution < -0.4 is 5.73 Å². The molecular formula is C19H41NO. The molecule has 0 atom stereocenters. The van der Waals surface area contributed by atoms with Crippen LogP contribution in [0.2, 0.25) is 0 Å². The zero-order chi connectivity index (χ0) is 16.2. The van der Waals surface area contributed by atoms with E-state index in [0.717, 1.165) is 6.42 Å². The Morgan fingerprint density at radius 2 is 0.905 bits per heavy atom. The highest BCUT2D eigenvalue weighted by Crippen LogP contribution is 2.13. The molecule has 0 fully saturated rings. The molecule has 0 aliphatic rings. The number of nitrogens with two attached hydrogens (primary N) is 1. The predicted octanol–water partition coefficient (Wildman–Crippen LogP) is 6.37. The third-order valence-corrected chi connectivity index (χ3v) is 3.78. The van der Waals surface area contributed by atoms with Gasteiger partial charge in [0.05, 0.1) is 0 Å². The van der Waals surface area contributed by atoms with Crippen LogP contribution in [0.1, 0.15) is 117 Å². The first kappa shape index (κ1) is 22.7. The lowest BCUT2D eigenvalue weighted by atomic mass is 10.0. The minimum atomic E-state index is -0.154. The summed E-state index contributed by atoms with van der Waals surface area (Å²) >= 11 is 0. The van der Waals surface area contributed by atoms with Crippen molar-refractivity contribution in [3.05, 3.63) is 0 Å². The minimum absolute atomic E-state index is 0.154. The molecule has 0 bridgehead atoms. The van der Waals surface area contributed by atoms with Crippen LogP contribution in [-0.4, -0.2) is 5.91 Å². The van der Waals surface area contributed by atoms with E-state index in [-0.39, 0.29) is 5.91 Å². The molecule has 0 aliphatic carbocycles. The van der Waals surface area contributed by atoms with E-state index < -0.39 is 0 Å². The number of unbranched alkanes of at least 4 members (excludes halogenated alkanes) is 13. The summed E-state index contributed by atoms with van der Waals surface area (Å²) in [6.45, 7) is 6.27. The van der Waals surface area contributed by atoms with Gasteiger partial charge in [-0.25, -0.2) is 0 Å². The minimum Gasteiger partial charge on any atom is -0.370 e. The molecule has 0 aromatic carbocycles. The maximum absolute atomic E-state index is 10.5. The summed E-state index contributed by atoms with van der Waals surface area (Å²) in [5.41, 5.74) is 5.10. The van der Waals surface area contributed by atoms with Gasteiger partial charge in [0, 0.05) is 6.42 Å². The molecule has 0 aliphatic heterocycles. The van der Waals surface area contributed by atoms with Gasteiger partial charge in [-0.3, -0.25) is 4.79 Å². The number of carbonyl (C=O) groups excluding carboxylic acids is 1. The van der Waals surface area contributed by atoms with Gasteiger partial charge in [-0.15, -0.1) is 0 Å². The zero-order valence-electron chi connectivity index (χ0n) is 15.1. The molecule has 128 valence electrons. The maximum atomic E-state index is 10.5. The summed E-state index contributed by atoms with van der Waals surface area (Å²) in [4.78, 5) is 10.5. The molecule has 0 radical (unpaired) electrons. The largest absolute Gasteiger partial charge is 0.370 e. The van der Waals surface area contributed by atoms with Gasteiger partial charge in [0.15, 0.2) is 0 Å². The van der Waals surface area contributed by atoms with E-state index in [0.29, 0.717) is 6.42 Å².